The van der Waals surface area contributed by atoms with Gasteiger partial charge in [-0.25, -0.2) is 13.6 Å². The number of hydrogen-bond acceptors (Lipinski definition) is 4. The lowest BCUT2D eigenvalue weighted by atomic mass is 9.81. The highest BCUT2D eigenvalue weighted by Crippen LogP contribution is 2.47. The Kier molecular flexibility index (Phi) is 7.02. The molecule has 3 atom stereocenters. The molecule has 4 fully saturated rings. The van der Waals surface area contributed by atoms with Crippen molar-refractivity contribution in [1.82, 2.24) is 20.0 Å². The van der Waals surface area contributed by atoms with E-state index < -0.39 is 11.5 Å². The smallest absolute Gasteiger partial charge is 0.327 e. The second kappa shape index (κ2) is 9.97. The van der Waals surface area contributed by atoms with Crippen LogP contribution in [-0.2, 0) is 9.59 Å². The molecule has 7 nitrogen and oxygen atoms in total. The van der Waals surface area contributed by atoms with E-state index in [1.54, 1.807) is 11.9 Å². The van der Waals surface area contributed by atoms with Crippen LogP contribution in [0.1, 0.15) is 76.3 Å². The van der Waals surface area contributed by atoms with Crippen LogP contribution in [0.3, 0.4) is 0 Å². The van der Waals surface area contributed by atoms with Crippen molar-refractivity contribution >= 4 is 17.8 Å². The Morgan fingerprint density at radius 2 is 1.68 bits per heavy atom. The number of urea groups is 1. The normalized spacial score (nSPS) is 30.8. The third kappa shape index (κ3) is 4.75. The Morgan fingerprint density at radius 1 is 1.05 bits per heavy atom. The Labute approximate surface area is 217 Å². The van der Waals surface area contributed by atoms with E-state index in [1.165, 1.54) is 4.90 Å². The minimum absolute atomic E-state index is 0.0802. The summed E-state index contributed by atoms with van der Waals surface area (Å²) in [4.78, 5) is 44.5. The molecule has 1 N–H and O–H groups in total. The number of nitrogens with one attached hydrogen (secondary N) is 1. The molecule has 3 unspecified atom stereocenters. The first-order valence-electron chi connectivity index (χ1n) is 13.7. The van der Waals surface area contributed by atoms with E-state index in [-0.39, 0.29) is 67.6 Å². The standard InChI is InChI=1S/C28H38F2N4O3/c1-3-34-26(37)32(2)25(36)27(34)17-21-9-10-22(18-27)33(21)16-13-23(19-7-5-4-6-8-19)31-24(35)20-11-14-28(29,30)15-12-20/h4-8,20-23H,3,9-18H2,1-2H3,(H,31,35). The van der Waals surface area contributed by atoms with Gasteiger partial charge < -0.3 is 10.2 Å². The molecule has 4 aliphatic rings. The molecule has 0 aromatic heterocycles. The van der Waals surface area contributed by atoms with Crippen LogP contribution in [0.4, 0.5) is 13.6 Å². The summed E-state index contributed by atoms with van der Waals surface area (Å²) in [6.07, 6.45) is 3.94. The van der Waals surface area contributed by atoms with Crippen molar-refractivity contribution in [2.45, 2.75) is 94.3 Å². The van der Waals surface area contributed by atoms with Crippen LogP contribution in [0.5, 0.6) is 0 Å². The number of benzene rings is 1. The molecule has 2 bridgehead atoms. The number of likely N-dealkylation sites (N-methyl/N-ethyl adjacent to an activating group) is 2. The molecule has 4 amide bonds. The highest BCUT2D eigenvalue weighted by Gasteiger charge is 2.61. The van der Waals surface area contributed by atoms with E-state index in [9.17, 15) is 23.2 Å². The minimum atomic E-state index is -2.66. The molecule has 5 rings (SSSR count). The predicted octanol–water partition coefficient (Wildman–Crippen LogP) is 4.34. The van der Waals surface area contributed by atoms with Crippen molar-refractivity contribution in [3.8, 4) is 0 Å². The van der Waals surface area contributed by atoms with E-state index in [2.05, 4.69) is 10.2 Å². The molecule has 3 heterocycles. The number of carbonyl (C=O) groups is 3. The van der Waals surface area contributed by atoms with Crippen molar-refractivity contribution in [3.05, 3.63) is 35.9 Å². The fraction of sp³-hybridized carbons (Fsp3) is 0.679. The molecule has 3 saturated heterocycles. The predicted molar refractivity (Wildman–Crippen MR) is 135 cm³/mol. The number of fused-ring (bicyclic) bond motifs is 2. The average molecular weight is 517 g/mol. The third-order valence-electron chi connectivity index (χ3n) is 9.25. The van der Waals surface area contributed by atoms with Crippen molar-refractivity contribution in [2.75, 3.05) is 20.1 Å². The number of hydrogen-bond donors (Lipinski definition) is 1. The Hall–Kier alpha value is -2.55. The summed E-state index contributed by atoms with van der Waals surface area (Å²) in [5.41, 5.74) is 0.270. The lowest BCUT2D eigenvalue weighted by Crippen LogP contribution is -2.60. The van der Waals surface area contributed by atoms with Crippen LogP contribution >= 0.6 is 0 Å². The van der Waals surface area contributed by atoms with E-state index in [1.807, 2.05) is 37.3 Å². The number of halogens is 2. The molecule has 1 aliphatic carbocycles. The summed E-state index contributed by atoms with van der Waals surface area (Å²) in [6, 6.07) is 9.84. The molecular formula is C28H38F2N4O3. The third-order valence-corrected chi connectivity index (χ3v) is 9.25. The zero-order valence-corrected chi connectivity index (χ0v) is 21.8. The molecule has 1 aromatic carbocycles. The van der Waals surface area contributed by atoms with Crippen LogP contribution in [0.25, 0.3) is 0 Å². The number of carbonyl (C=O) groups excluding carboxylic acids is 3. The van der Waals surface area contributed by atoms with Crippen molar-refractivity contribution in [1.29, 1.82) is 0 Å². The van der Waals surface area contributed by atoms with Crippen LogP contribution in [0.15, 0.2) is 30.3 Å². The summed E-state index contributed by atoms with van der Waals surface area (Å²) in [6.45, 7) is 3.21. The average Bonchev–Trinajstić information content (AvgIpc) is 3.22. The summed E-state index contributed by atoms with van der Waals surface area (Å²) >= 11 is 0. The van der Waals surface area contributed by atoms with Gasteiger partial charge in [0.25, 0.3) is 5.91 Å². The number of rotatable bonds is 7. The Morgan fingerprint density at radius 3 is 2.27 bits per heavy atom. The highest BCUT2D eigenvalue weighted by atomic mass is 19.3. The van der Waals surface area contributed by atoms with Crippen LogP contribution in [0, 0.1) is 5.92 Å². The quantitative estimate of drug-likeness (QED) is 0.548. The van der Waals surface area contributed by atoms with Crippen molar-refractivity contribution < 1.29 is 23.2 Å². The lowest BCUT2D eigenvalue weighted by molar-refractivity contribution is -0.136. The monoisotopic (exact) mass is 516 g/mol. The Balaban J connectivity index is 1.27. The van der Waals surface area contributed by atoms with Gasteiger partial charge in [0.1, 0.15) is 5.54 Å². The number of imide groups is 1. The summed E-state index contributed by atoms with van der Waals surface area (Å²) < 4.78 is 27.2. The fourth-order valence-electron chi connectivity index (χ4n) is 7.27. The van der Waals surface area contributed by atoms with Gasteiger partial charge in [0.2, 0.25) is 11.8 Å². The van der Waals surface area contributed by atoms with Crippen molar-refractivity contribution in [2.24, 2.45) is 5.92 Å². The molecule has 9 heteroatoms. The largest absolute Gasteiger partial charge is 0.349 e. The van der Waals surface area contributed by atoms with Gasteiger partial charge >= 0.3 is 6.03 Å². The molecule has 1 saturated carbocycles. The lowest BCUT2D eigenvalue weighted by Gasteiger charge is -2.46. The first kappa shape index (κ1) is 26.1. The zero-order chi connectivity index (χ0) is 26.4. The van der Waals surface area contributed by atoms with Gasteiger partial charge in [-0.15, -0.1) is 0 Å². The maximum absolute atomic E-state index is 13.6. The van der Waals surface area contributed by atoms with E-state index in [0.29, 0.717) is 25.8 Å². The van der Waals surface area contributed by atoms with Gasteiger partial charge in [0.05, 0.1) is 6.04 Å². The molecule has 37 heavy (non-hydrogen) atoms. The van der Waals surface area contributed by atoms with Gasteiger partial charge in [-0.3, -0.25) is 19.4 Å². The molecule has 1 spiro atoms. The van der Waals surface area contributed by atoms with Crippen LogP contribution in [-0.4, -0.2) is 76.2 Å². The number of nitrogens with zero attached hydrogens (tertiary/aromatic N) is 3. The second-order valence-electron chi connectivity index (χ2n) is 11.3. The molecule has 202 valence electrons. The fourth-order valence-corrected chi connectivity index (χ4v) is 7.27. The topological polar surface area (TPSA) is 73.0 Å². The van der Waals surface area contributed by atoms with Crippen molar-refractivity contribution in [3.63, 3.8) is 0 Å². The number of alkyl halides is 2. The van der Waals surface area contributed by atoms with Crippen LogP contribution < -0.4 is 5.32 Å². The van der Waals surface area contributed by atoms with Crippen LogP contribution in [0.2, 0.25) is 0 Å². The SMILES string of the molecule is CCN1C(=O)N(C)C(=O)C12CC1CCC(C2)N1CCC(NC(=O)C1CCC(F)(F)CC1)c1ccccc1. The minimum Gasteiger partial charge on any atom is -0.349 e. The first-order chi connectivity index (χ1) is 17.6. The van der Waals surface area contributed by atoms with Gasteiger partial charge in [-0.05, 0) is 57.4 Å². The summed E-state index contributed by atoms with van der Waals surface area (Å²) in [5, 5.41) is 3.18. The molecule has 0 radical (unpaired) electrons. The van der Waals surface area contributed by atoms with Gasteiger partial charge in [0, 0.05) is 51.0 Å². The maximum atomic E-state index is 13.6. The van der Waals surface area contributed by atoms with E-state index in [0.717, 1.165) is 24.9 Å². The maximum Gasteiger partial charge on any atom is 0.327 e. The van der Waals surface area contributed by atoms with E-state index >= 15 is 0 Å². The van der Waals surface area contributed by atoms with Gasteiger partial charge in [-0.2, -0.15) is 0 Å². The van der Waals surface area contributed by atoms with Gasteiger partial charge in [0.15, 0.2) is 0 Å². The summed E-state index contributed by atoms with van der Waals surface area (Å²) in [7, 11) is 1.58. The summed E-state index contributed by atoms with van der Waals surface area (Å²) in [5.74, 6) is -3.25. The molecular weight excluding hydrogens is 478 g/mol. The second-order valence-corrected chi connectivity index (χ2v) is 11.3. The van der Waals surface area contributed by atoms with Gasteiger partial charge in [-0.1, -0.05) is 30.3 Å². The Bertz CT molecular complexity index is 1010. The first-order valence-corrected chi connectivity index (χ1v) is 13.7. The molecule has 3 aliphatic heterocycles. The number of piperidine rings is 1. The highest BCUT2D eigenvalue weighted by molar-refractivity contribution is 6.07. The number of amides is 4. The van der Waals surface area contributed by atoms with E-state index in [4.69, 9.17) is 0 Å². The zero-order valence-electron chi connectivity index (χ0n) is 21.8. The molecule has 1 aromatic rings.